The van der Waals surface area contributed by atoms with E-state index >= 15 is 0 Å². The van der Waals surface area contributed by atoms with Gasteiger partial charge in [-0.15, -0.1) is 34.9 Å². The monoisotopic (exact) mass is 498 g/mol. The summed E-state index contributed by atoms with van der Waals surface area (Å²) in [6, 6.07) is 16.9. The van der Waals surface area contributed by atoms with Crippen LogP contribution in [0.15, 0.2) is 53.2 Å². The number of hydrogen-bond donors (Lipinski definition) is 0. The minimum Gasteiger partial charge on any atom is -0.876 e. The molecule has 0 radical (unpaired) electrons. The van der Waals surface area contributed by atoms with E-state index in [4.69, 9.17) is 4.99 Å². The van der Waals surface area contributed by atoms with Crippen LogP contribution in [0.3, 0.4) is 0 Å². The number of carbonyl (C=O) groups excluding carboxylic acids is 1. The van der Waals surface area contributed by atoms with E-state index in [2.05, 4.69) is 75.9 Å². The van der Waals surface area contributed by atoms with Gasteiger partial charge in [0.2, 0.25) is 0 Å². The second-order valence-corrected chi connectivity index (χ2v) is 8.89. The summed E-state index contributed by atoms with van der Waals surface area (Å²) in [7, 11) is 0. The molecule has 1 aliphatic rings. The number of benzene rings is 2. The van der Waals surface area contributed by atoms with Gasteiger partial charge in [-0.05, 0) is 32.3 Å². The molecule has 164 valence electrons. The number of allylic oxidation sites excluding steroid dienone is 2. The van der Waals surface area contributed by atoms with Crippen molar-refractivity contribution in [3.8, 4) is 0 Å². The van der Waals surface area contributed by atoms with Gasteiger partial charge in [-0.1, -0.05) is 57.3 Å². The molecule has 0 fully saturated rings. The van der Waals surface area contributed by atoms with E-state index in [1.54, 1.807) is 0 Å². The molecule has 1 heterocycles. The fraction of sp³-hybridized carbons (Fsp3) is 0.440. The first-order valence-electron chi connectivity index (χ1n) is 10.1. The Morgan fingerprint density at radius 1 is 1.23 bits per heavy atom. The molecule has 5 heteroatoms. The number of hydrogen-bond acceptors (Lipinski definition) is 4. The molecule has 0 unspecified atom stereocenters. The van der Waals surface area contributed by atoms with Crippen molar-refractivity contribution >= 4 is 22.4 Å². The third-order valence-electron chi connectivity index (χ3n) is 4.89. The molecule has 0 bridgehead atoms. The van der Waals surface area contributed by atoms with Crippen LogP contribution in [0.4, 0.5) is 0 Å². The van der Waals surface area contributed by atoms with E-state index in [0.717, 1.165) is 24.0 Å². The van der Waals surface area contributed by atoms with Gasteiger partial charge in [-0.25, -0.2) is 0 Å². The molecule has 0 saturated heterocycles. The van der Waals surface area contributed by atoms with Gasteiger partial charge in [0.05, 0.1) is 6.04 Å². The first-order chi connectivity index (χ1) is 13.5. The van der Waals surface area contributed by atoms with Crippen molar-refractivity contribution < 1.29 is 30.3 Å². The topological polar surface area (TPSA) is 55.7 Å². The molecule has 0 spiro atoms. The third kappa shape index (κ3) is 6.79. The normalized spacial score (nSPS) is 16.7. The van der Waals surface area contributed by atoms with Gasteiger partial charge in [0.15, 0.2) is 5.78 Å². The van der Waals surface area contributed by atoms with Crippen LogP contribution >= 0.6 is 0 Å². The van der Waals surface area contributed by atoms with Crippen molar-refractivity contribution in [1.29, 1.82) is 0 Å². The number of carbonyl (C=O) groups is 1. The molecule has 0 aromatic heterocycles. The molecular formula is C25H32N2O2Pd. The predicted molar refractivity (Wildman–Crippen MR) is 119 cm³/mol. The van der Waals surface area contributed by atoms with Crippen LogP contribution in [-0.2, 0) is 25.2 Å². The van der Waals surface area contributed by atoms with Crippen molar-refractivity contribution in [3.63, 3.8) is 0 Å². The number of fused-ring (bicyclic) bond motifs is 1. The second kappa shape index (κ2) is 10.9. The molecule has 0 saturated carbocycles. The van der Waals surface area contributed by atoms with Crippen LogP contribution in [0.25, 0.3) is 10.8 Å². The van der Waals surface area contributed by atoms with Crippen molar-refractivity contribution in [2.75, 3.05) is 6.54 Å². The van der Waals surface area contributed by atoms with Crippen molar-refractivity contribution in [2.45, 2.75) is 60.5 Å². The summed E-state index contributed by atoms with van der Waals surface area (Å²) >= 11 is 0. The molecule has 0 aliphatic carbocycles. The maximum atomic E-state index is 9.98. The fourth-order valence-corrected chi connectivity index (χ4v) is 3.30. The first kappa shape index (κ1) is 26.1. The Morgan fingerprint density at radius 2 is 1.87 bits per heavy atom. The number of nitrogens with zero attached hydrogens (tertiary/aromatic N) is 2. The molecule has 0 N–H and O–H groups in total. The van der Waals surface area contributed by atoms with Crippen LogP contribution in [-0.4, -0.2) is 35.1 Å². The van der Waals surface area contributed by atoms with E-state index < -0.39 is 0 Å². The maximum absolute atomic E-state index is 9.98. The number of rotatable bonds is 3. The van der Waals surface area contributed by atoms with Crippen LogP contribution in [0, 0.1) is 11.5 Å². The van der Waals surface area contributed by atoms with Gasteiger partial charge < -0.3 is 15.0 Å². The quantitative estimate of drug-likeness (QED) is 0.273. The van der Waals surface area contributed by atoms with Gasteiger partial charge in [0, 0.05) is 18.4 Å². The average Bonchev–Trinajstić information content (AvgIpc) is 3.06. The Balaban J connectivity index is 0.000000489. The Hall–Kier alpha value is -1.96. The molecule has 0 amide bonds. The number of ketones is 1. The van der Waals surface area contributed by atoms with E-state index in [0.29, 0.717) is 12.1 Å². The predicted octanol–water partition coefficient (Wildman–Crippen LogP) is 4.36. The fourth-order valence-electron chi connectivity index (χ4n) is 3.30. The number of aliphatic imine (C=N–C) groups is 1. The van der Waals surface area contributed by atoms with Crippen LogP contribution in [0.1, 0.15) is 54.0 Å². The Bertz CT molecular complexity index is 917. The first-order valence-corrected chi connectivity index (χ1v) is 10.1. The van der Waals surface area contributed by atoms with Crippen LogP contribution in [0.2, 0.25) is 0 Å². The zero-order chi connectivity index (χ0) is 21.8. The molecule has 3 rings (SSSR count). The van der Waals surface area contributed by atoms with Gasteiger partial charge in [0.1, 0.15) is 0 Å². The minimum absolute atomic E-state index is 0. The van der Waals surface area contributed by atoms with E-state index in [-0.39, 0.29) is 37.4 Å². The van der Waals surface area contributed by atoms with Gasteiger partial charge in [-0.2, -0.15) is 0 Å². The van der Waals surface area contributed by atoms with Gasteiger partial charge in [-0.3, -0.25) is 4.79 Å². The Morgan fingerprint density at radius 3 is 2.37 bits per heavy atom. The zero-order valence-corrected chi connectivity index (χ0v) is 20.5. The molecule has 4 nitrogen and oxygen atoms in total. The van der Waals surface area contributed by atoms with Crippen LogP contribution < -0.4 is 5.11 Å². The second-order valence-electron chi connectivity index (χ2n) is 8.89. The minimum atomic E-state index is -0.187. The summed E-state index contributed by atoms with van der Waals surface area (Å²) in [6.45, 7) is 15.0. The molecule has 2 aromatic rings. The third-order valence-corrected chi connectivity index (χ3v) is 4.89. The smallest absolute Gasteiger partial charge is 0.876 e. The molecular weight excluding hydrogens is 467 g/mol. The average molecular weight is 499 g/mol. The van der Waals surface area contributed by atoms with E-state index in [1.165, 1.54) is 24.6 Å². The SMILES string of the molecule is CC(=O)/C=C(/C)[O-].CC(C)N1C[C@H](C(C)(C)C)N=C1c1[c-]ccc2ccccc12.[Pd+2]. The van der Waals surface area contributed by atoms with Crippen molar-refractivity contribution in [3.05, 3.63) is 59.9 Å². The Kier molecular flexibility index (Phi) is 9.46. The maximum Gasteiger partial charge on any atom is 2.00 e. The summed E-state index contributed by atoms with van der Waals surface area (Å²) in [4.78, 5) is 17.5. The Labute approximate surface area is 194 Å². The molecule has 2 aromatic carbocycles. The summed E-state index contributed by atoms with van der Waals surface area (Å²) < 4.78 is 0. The zero-order valence-electron chi connectivity index (χ0n) is 18.9. The largest absolute Gasteiger partial charge is 2.00 e. The summed E-state index contributed by atoms with van der Waals surface area (Å²) in [5.41, 5.74) is 1.32. The van der Waals surface area contributed by atoms with Gasteiger partial charge >= 0.3 is 20.4 Å². The molecule has 1 aliphatic heterocycles. The van der Waals surface area contributed by atoms with Crippen molar-refractivity contribution in [1.82, 2.24) is 4.90 Å². The molecule has 30 heavy (non-hydrogen) atoms. The van der Waals surface area contributed by atoms with Gasteiger partial charge in [0.25, 0.3) is 0 Å². The van der Waals surface area contributed by atoms with E-state index in [9.17, 15) is 9.90 Å². The van der Waals surface area contributed by atoms with E-state index in [1.807, 2.05) is 6.07 Å². The molecule has 1 atom stereocenters. The standard InChI is InChI=1S/C20H25N2.C5H8O2.Pd/c1-14(2)22-13-18(20(3,4)5)21-19(22)17-12-8-10-15-9-6-7-11-16(15)17;1-4(6)3-5(2)7;/h6-11,14,18H,13H2,1-5H3;3,6H,1-2H3;/q-1;;+2/p-1/b;4-3-;/t18-;;/m1../s1. The van der Waals surface area contributed by atoms with Crippen molar-refractivity contribution in [2.24, 2.45) is 10.4 Å². The summed E-state index contributed by atoms with van der Waals surface area (Å²) in [5.74, 6) is 0.728. The summed E-state index contributed by atoms with van der Waals surface area (Å²) in [6.07, 6.45) is 1.06. The van der Waals surface area contributed by atoms with Crippen LogP contribution in [0.5, 0.6) is 0 Å². The number of amidine groups is 1. The summed E-state index contributed by atoms with van der Waals surface area (Å²) in [5, 5.41) is 12.5.